The highest BCUT2D eigenvalue weighted by Gasteiger charge is 2.38. The second-order valence-corrected chi connectivity index (χ2v) is 6.09. The van der Waals surface area contributed by atoms with E-state index < -0.39 is 47.4 Å². The average Bonchev–Trinajstić information content (AvgIpc) is 2.51. The fourth-order valence-corrected chi connectivity index (χ4v) is 2.63. The minimum Gasteiger partial charge on any atom is -0.481 e. The molecule has 0 aliphatic carbocycles. The van der Waals surface area contributed by atoms with Gasteiger partial charge in [-0.15, -0.1) is 0 Å². The number of nitrogens with zero attached hydrogens (tertiary/aromatic N) is 2. The Balaban J connectivity index is 2.57. The molecule has 4 nitrogen and oxygen atoms in total. The zero-order valence-electron chi connectivity index (χ0n) is 12.9. The van der Waals surface area contributed by atoms with Crippen LogP contribution in [0.5, 0.6) is 0 Å². The highest BCUT2D eigenvalue weighted by atomic mass is 35.5. The maximum Gasteiger partial charge on any atom is 0.416 e. The van der Waals surface area contributed by atoms with Crippen molar-refractivity contribution in [3.05, 3.63) is 57.1 Å². The Labute approximate surface area is 157 Å². The summed E-state index contributed by atoms with van der Waals surface area (Å²) in [6.45, 7) is 0. The first-order chi connectivity index (χ1) is 12.3. The Hall–Kier alpha value is -2.07. The summed E-state index contributed by atoms with van der Waals surface area (Å²) < 4.78 is 77.8. The predicted octanol–water partition coefficient (Wildman–Crippen LogP) is 5.23. The molecule has 0 bridgehead atoms. The van der Waals surface area contributed by atoms with Crippen molar-refractivity contribution in [2.24, 2.45) is 0 Å². The van der Waals surface area contributed by atoms with Gasteiger partial charge in [-0.25, -0.2) is 9.97 Å². The van der Waals surface area contributed by atoms with Crippen LogP contribution in [0.2, 0.25) is 10.4 Å². The first-order valence-electron chi connectivity index (χ1n) is 6.98. The Bertz CT molecular complexity index is 838. The van der Waals surface area contributed by atoms with Crippen molar-refractivity contribution >= 4 is 29.2 Å². The number of rotatable bonds is 4. The van der Waals surface area contributed by atoms with Gasteiger partial charge in [0.15, 0.2) is 0 Å². The third-order valence-corrected chi connectivity index (χ3v) is 4.03. The van der Waals surface area contributed by atoms with E-state index >= 15 is 0 Å². The van der Waals surface area contributed by atoms with Crippen molar-refractivity contribution in [2.75, 3.05) is 0 Å². The monoisotopic (exact) mass is 432 g/mol. The maximum atomic E-state index is 13.0. The van der Waals surface area contributed by atoms with Crippen LogP contribution in [0.3, 0.4) is 0 Å². The number of aliphatic carboxylic acids is 1. The van der Waals surface area contributed by atoms with Gasteiger partial charge in [-0.3, -0.25) is 4.79 Å². The standard InChI is InChI=1S/C15H8Cl2F6N2O2/c16-11-7(5-24-13(17)25-11)3-10(12(26)27)6-1-8(14(18,19)20)4-9(2-6)15(21,22)23/h1-2,4-5,10H,3H2,(H,26,27). The lowest BCUT2D eigenvalue weighted by Gasteiger charge is -2.18. The number of benzene rings is 1. The van der Waals surface area contributed by atoms with E-state index in [0.717, 1.165) is 6.20 Å². The summed E-state index contributed by atoms with van der Waals surface area (Å²) in [5, 5.41) is 8.83. The van der Waals surface area contributed by atoms with Crippen molar-refractivity contribution < 1.29 is 36.2 Å². The molecule has 0 aliphatic rings. The van der Waals surface area contributed by atoms with Crippen LogP contribution in [0.4, 0.5) is 26.3 Å². The molecule has 2 rings (SSSR count). The first kappa shape index (κ1) is 21.2. The first-order valence-corrected chi connectivity index (χ1v) is 7.73. The molecule has 1 heterocycles. The van der Waals surface area contributed by atoms with Crippen LogP contribution < -0.4 is 0 Å². The van der Waals surface area contributed by atoms with Crippen molar-refractivity contribution in [2.45, 2.75) is 24.7 Å². The van der Waals surface area contributed by atoms with E-state index in [1.165, 1.54) is 0 Å². The van der Waals surface area contributed by atoms with E-state index in [4.69, 9.17) is 23.2 Å². The number of carbonyl (C=O) groups is 1. The van der Waals surface area contributed by atoms with Crippen LogP contribution in [0.15, 0.2) is 24.4 Å². The SMILES string of the molecule is O=C(O)C(Cc1cnc(Cl)nc1Cl)c1cc(C(F)(F)F)cc(C(F)(F)F)c1. The molecular weight excluding hydrogens is 425 g/mol. The second kappa shape index (κ2) is 7.51. The number of aromatic nitrogens is 2. The summed E-state index contributed by atoms with van der Waals surface area (Å²) in [4.78, 5) is 18.7. The molecule has 1 unspecified atom stereocenters. The lowest BCUT2D eigenvalue weighted by atomic mass is 9.90. The zero-order chi connectivity index (χ0) is 20.6. The zero-order valence-corrected chi connectivity index (χ0v) is 14.4. The van der Waals surface area contributed by atoms with Crippen LogP contribution in [-0.2, 0) is 23.6 Å². The minimum absolute atomic E-state index is 0.000521. The van der Waals surface area contributed by atoms with Crippen LogP contribution in [0.1, 0.15) is 28.2 Å². The van der Waals surface area contributed by atoms with Crippen LogP contribution >= 0.6 is 23.2 Å². The lowest BCUT2D eigenvalue weighted by Crippen LogP contribution is -2.18. The summed E-state index contributed by atoms with van der Waals surface area (Å²) in [6, 6.07) is 0.637. The maximum absolute atomic E-state index is 13.0. The van der Waals surface area contributed by atoms with E-state index in [1.807, 2.05) is 0 Å². The topological polar surface area (TPSA) is 63.1 Å². The normalized spacial score (nSPS) is 13.5. The van der Waals surface area contributed by atoms with E-state index in [-0.39, 0.29) is 22.1 Å². The number of hydrogen-bond donors (Lipinski definition) is 1. The van der Waals surface area contributed by atoms with Gasteiger partial charge in [-0.05, 0) is 41.8 Å². The quantitative estimate of drug-likeness (QED) is 0.408. The van der Waals surface area contributed by atoms with Crippen molar-refractivity contribution in [3.63, 3.8) is 0 Å². The third-order valence-electron chi connectivity index (χ3n) is 3.52. The van der Waals surface area contributed by atoms with E-state index in [0.29, 0.717) is 12.1 Å². The van der Waals surface area contributed by atoms with Crippen molar-refractivity contribution in [1.29, 1.82) is 0 Å². The molecule has 0 saturated heterocycles. The molecule has 0 saturated carbocycles. The molecule has 0 fully saturated rings. The Kier molecular flexibility index (Phi) is 5.91. The van der Waals surface area contributed by atoms with E-state index in [2.05, 4.69) is 9.97 Å². The molecule has 1 aromatic heterocycles. The number of hydrogen-bond acceptors (Lipinski definition) is 3. The van der Waals surface area contributed by atoms with Crippen molar-refractivity contribution in [3.8, 4) is 0 Å². The molecule has 1 aromatic carbocycles. The lowest BCUT2D eigenvalue weighted by molar-refractivity contribution is -0.144. The summed E-state index contributed by atoms with van der Waals surface area (Å²) in [7, 11) is 0. The molecular formula is C15H8Cl2F6N2O2. The van der Waals surface area contributed by atoms with Crippen LogP contribution in [-0.4, -0.2) is 21.0 Å². The van der Waals surface area contributed by atoms with Gasteiger partial charge in [0.05, 0.1) is 17.0 Å². The number of carboxylic acids is 1. The summed E-state index contributed by atoms with van der Waals surface area (Å²) >= 11 is 11.3. The molecule has 146 valence electrons. The highest BCUT2D eigenvalue weighted by molar-refractivity contribution is 6.32. The number of alkyl halides is 6. The molecule has 12 heteroatoms. The van der Waals surface area contributed by atoms with E-state index in [9.17, 15) is 36.2 Å². The molecule has 0 radical (unpaired) electrons. The van der Waals surface area contributed by atoms with Gasteiger partial charge in [0.25, 0.3) is 0 Å². The Morgan fingerprint density at radius 1 is 1.04 bits per heavy atom. The second-order valence-electron chi connectivity index (χ2n) is 5.39. The Morgan fingerprint density at radius 2 is 1.56 bits per heavy atom. The van der Waals surface area contributed by atoms with Gasteiger partial charge in [0, 0.05) is 11.8 Å². The van der Waals surface area contributed by atoms with E-state index in [1.54, 1.807) is 0 Å². The van der Waals surface area contributed by atoms with Gasteiger partial charge in [0.1, 0.15) is 5.15 Å². The smallest absolute Gasteiger partial charge is 0.416 e. The summed E-state index contributed by atoms with van der Waals surface area (Å²) in [6.07, 6.45) is -9.68. The Morgan fingerprint density at radius 3 is 1.96 bits per heavy atom. The predicted molar refractivity (Wildman–Crippen MR) is 82.6 cm³/mol. The largest absolute Gasteiger partial charge is 0.481 e. The molecule has 1 atom stereocenters. The molecule has 0 spiro atoms. The van der Waals surface area contributed by atoms with Gasteiger partial charge < -0.3 is 5.11 Å². The van der Waals surface area contributed by atoms with Crippen LogP contribution in [0.25, 0.3) is 0 Å². The molecule has 0 amide bonds. The molecule has 1 N–H and O–H groups in total. The van der Waals surface area contributed by atoms with Gasteiger partial charge in [-0.1, -0.05) is 11.6 Å². The highest BCUT2D eigenvalue weighted by Crippen LogP contribution is 2.38. The molecule has 0 aliphatic heterocycles. The number of halogens is 8. The fraction of sp³-hybridized carbons (Fsp3) is 0.267. The minimum atomic E-state index is -5.10. The molecule has 2 aromatic rings. The van der Waals surface area contributed by atoms with Crippen LogP contribution in [0, 0.1) is 0 Å². The van der Waals surface area contributed by atoms with Gasteiger partial charge in [-0.2, -0.15) is 26.3 Å². The number of carboxylic acid groups (broad SMARTS) is 1. The third kappa shape index (κ3) is 5.23. The van der Waals surface area contributed by atoms with Gasteiger partial charge >= 0.3 is 18.3 Å². The fourth-order valence-electron chi connectivity index (χ4n) is 2.25. The summed E-state index contributed by atoms with van der Waals surface area (Å²) in [5.41, 5.74) is -3.91. The van der Waals surface area contributed by atoms with Gasteiger partial charge in [0.2, 0.25) is 5.28 Å². The molecule has 27 heavy (non-hydrogen) atoms. The summed E-state index contributed by atoms with van der Waals surface area (Å²) in [5.74, 6) is -3.40. The van der Waals surface area contributed by atoms with Crippen molar-refractivity contribution in [1.82, 2.24) is 9.97 Å². The average molecular weight is 433 g/mol.